The van der Waals surface area contributed by atoms with E-state index in [1.807, 2.05) is 31.2 Å². The summed E-state index contributed by atoms with van der Waals surface area (Å²) < 4.78 is 5.47. The van der Waals surface area contributed by atoms with Crippen LogP contribution in [0.4, 0.5) is 0 Å². The number of carbonyl (C=O) groups is 1. The average Bonchev–Trinajstić information content (AvgIpc) is 3.21. The van der Waals surface area contributed by atoms with Crippen LogP contribution in [0.5, 0.6) is 0 Å². The summed E-state index contributed by atoms with van der Waals surface area (Å²) in [5.41, 5.74) is 4.00. The normalized spacial score (nSPS) is 13.8. The number of hydrogen-bond donors (Lipinski definition) is 1. The number of amides is 1. The first-order valence-corrected chi connectivity index (χ1v) is 8.17. The molecule has 122 valence electrons. The number of halogens is 1. The van der Waals surface area contributed by atoms with Gasteiger partial charge in [0.05, 0.1) is 12.2 Å². The molecule has 1 N–H and O–H groups in total. The molecule has 0 unspecified atom stereocenters. The summed E-state index contributed by atoms with van der Waals surface area (Å²) in [5.74, 6) is 1.03. The molecule has 3 aromatic rings. The number of hydrogen-bond acceptors (Lipinski definition) is 3. The Labute approximate surface area is 144 Å². The lowest BCUT2D eigenvalue weighted by atomic mass is 10.0. The number of fused-ring (bicyclic) bond motifs is 1. The van der Waals surface area contributed by atoms with E-state index in [2.05, 4.69) is 10.2 Å². The minimum Gasteiger partial charge on any atom is -0.456 e. The van der Waals surface area contributed by atoms with E-state index in [0.29, 0.717) is 23.9 Å². The fourth-order valence-electron chi connectivity index (χ4n) is 3.02. The van der Waals surface area contributed by atoms with E-state index in [0.717, 1.165) is 34.7 Å². The summed E-state index contributed by atoms with van der Waals surface area (Å²) in [4.78, 5) is 14.4. The molecule has 0 spiro atoms. The fourth-order valence-corrected chi connectivity index (χ4v) is 3.15. The van der Waals surface area contributed by atoms with Gasteiger partial charge in [-0.25, -0.2) is 0 Å². The zero-order valence-corrected chi connectivity index (χ0v) is 13.9. The van der Waals surface area contributed by atoms with E-state index < -0.39 is 0 Å². The van der Waals surface area contributed by atoms with E-state index in [9.17, 15) is 4.79 Å². The Morgan fingerprint density at radius 2 is 2.04 bits per heavy atom. The molecular formula is C18H16ClN3O2. The van der Waals surface area contributed by atoms with Gasteiger partial charge in [0.1, 0.15) is 5.76 Å². The predicted octanol–water partition coefficient (Wildman–Crippen LogP) is 3.83. The molecule has 0 atom stereocenters. The van der Waals surface area contributed by atoms with Gasteiger partial charge in [0, 0.05) is 34.8 Å². The molecule has 1 amide bonds. The van der Waals surface area contributed by atoms with Crippen LogP contribution in [0.3, 0.4) is 0 Å². The van der Waals surface area contributed by atoms with Gasteiger partial charge < -0.3 is 9.32 Å². The predicted molar refractivity (Wildman–Crippen MR) is 90.9 cm³/mol. The van der Waals surface area contributed by atoms with Crippen molar-refractivity contribution in [2.45, 2.75) is 19.9 Å². The Morgan fingerprint density at radius 3 is 2.75 bits per heavy atom. The van der Waals surface area contributed by atoms with Crippen LogP contribution in [0.15, 0.2) is 40.8 Å². The van der Waals surface area contributed by atoms with Crippen molar-refractivity contribution in [2.24, 2.45) is 0 Å². The largest absolute Gasteiger partial charge is 0.456 e. The van der Waals surface area contributed by atoms with Crippen LogP contribution < -0.4 is 0 Å². The maximum absolute atomic E-state index is 12.6. The minimum absolute atomic E-state index is 0.0861. The second-order valence-corrected chi connectivity index (χ2v) is 6.36. The Balaban J connectivity index is 1.63. The number of rotatable bonds is 2. The topological polar surface area (TPSA) is 62.1 Å². The Kier molecular flexibility index (Phi) is 3.65. The van der Waals surface area contributed by atoms with Crippen molar-refractivity contribution in [2.75, 3.05) is 6.54 Å². The van der Waals surface area contributed by atoms with Crippen molar-refractivity contribution in [3.63, 3.8) is 0 Å². The third-order valence-electron chi connectivity index (χ3n) is 4.29. The van der Waals surface area contributed by atoms with Crippen LogP contribution in [0.1, 0.15) is 27.6 Å². The van der Waals surface area contributed by atoms with Gasteiger partial charge >= 0.3 is 0 Å². The number of carbonyl (C=O) groups excluding carboxylic acids is 1. The smallest absolute Gasteiger partial charge is 0.289 e. The first-order chi connectivity index (χ1) is 11.6. The standard InChI is InChI=1S/C18H16ClN3O2/c1-11-2-7-16(24-11)18(23)22-9-8-15-14(10-22)17(21-20-15)12-3-5-13(19)6-4-12/h2-7H,8-10H2,1H3,(H,20,21). The number of H-pyrrole nitrogens is 1. The average molecular weight is 342 g/mol. The first-order valence-electron chi connectivity index (χ1n) is 7.79. The molecule has 5 nitrogen and oxygen atoms in total. The number of nitrogens with zero attached hydrogens (tertiary/aromatic N) is 2. The molecule has 0 saturated heterocycles. The molecule has 4 rings (SSSR count). The molecule has 0 saturated carbocycles. The Morgan fingerprint density at radius 1 is 1.25 bits per heavy atom. The second kappa shape index (κ2) is 5.83. The summed E-state index contributed by atoms with van der Waals surface area (Å²) >= 11 is 5.96. The number of aryl methyl sites for hydroxylation is 1. The molecule has 0 fully saturated rings. The molecule has 2 aromatic heterocycles. The molecule has 0 aliphatic carbocycles. The SMILES string of the molecule is Cc1ccc(C(=O)N2CCc3[nH]nc(-c4ccc(Cl)cc4)c3C2)o1. The number of benzene rings is 1. The second-order valence-electron chi connectivity index (χ2n) is 5.92. The molecule has 0 radical (unpaired) electrons. The first kappa shape index (κ1) is 15.0. The van der Waals surface area contributed by atoms with Gasteiger partial charge in [-0.3, -0.25) is 9.89 Å². The molecule has 24 heavy (non-hydrogen) atoms. The molecular weight excluding hydrogens is 326 g/mol. The summed E-state index contributed by atoms with van der Waals surface area (Å²) in [6, 6.07) is 11.1. The quantitative estimate of drug-likeness (QED) is 0.770. The highest BCUT2D eigenvalue weighted by molar-refractivity contribution is 6.30. The zero-order valence-electron chi connectivity index (χ0n) is 13.2. The van der Waals surface area contributed by atoms with Gasteiger partial charge in [-0.1, -0.05) is 23.7 Å². The summed E-state index contributed by atoms with van der Waals surface area (Å²) in [7, 11) is 0. The molecule has 1 aromatic carbocycles. The van der Waals surface area contributed by atoms with Crippen LogP contribution in [-0.4, -0.2) is 27.5 Å². The van der Waals surface area contributed by atoms with E-state index >= 15 is 0 Å². The van der Waals surface area contributed by atoms with Crippen molar-refractivity contribution in [1.82, 2.24) is 15.1 Å². The van der Waals surface area contributed by atoms with Crippen LogP contribution in [0, 0.1) is 6.92 Å². The van der Waals surface area contributed by atoms with Gasteiger partial charge in [-0.15, -0.1) is 0 Å². The highest BCUT2D eigenvalue weighted by Crippen LogP contribution is 2.29. The van der Waals surface area contributed by atoms with Gasteiger partial charge in [0.2, 0.25) is 0 Å². The number of furan rings is 1. The van der Waals surface area contributed by atoms with E-state index in [1.165, 1.54) is 0 Å². The Hall–Kier alpha value is -2.53. The van der Waals surface area contributed by atoms with E-state index in [-0.39, 0.29) is 5.91 Å². The monoisotopic (exact) mass is 341 g/mol. The number of aromatic amines is 1. The van der Waals surface area contributed by atoms with Crippen molar-refractivity contribution in [3.05, 3.63) is 64.2 Å². The summed E-state index contributed by atoms with van der Waals surface area (Å²) in [5, 5.41) is 8.23. The van der Waals surface area contributed by atoms with Crippen molar-refractivity contribution >= 4 is 17.5 Å². The van der Waals surface area contributed by atoms with Gasteiger partial charge in [0.25, 0.3) is 5.91 Å². The highest BCUT2D eigenvalue weighted by atomic mass is 35.5. The van der Waals surface area contributed by atoms with Crippen molar-refractivity contribution in [3.8, 4) is 11.3 Å². The van der Waals surface area contributed by atoms with Crippen molar-refractivity contribution in [1.29, 1.82) is 0 Å². The summed E-state index contributed by atoms with van der Waals surface area (Å²) in [6.07, 6.45) is 0.751. The Bertz CT molecular complexity index is 895. The maximum Gasteiger partial charge on any atom is 0.289 e. The zero-order chi connectivity index (χ0) is 16.7. The van der Waals surface area contributed by atoms with E-state index in [1.54, 1.807) is 17.0 Å². The number of aromatic nitrogens is 2. The van der Waals surface area contributed by atoms with Gasteiger partial charge in [-0.2, -0.15) is 5.10 Å². The lowest BCUT2D eigenvalue weighted by Crippen LogP contribution is -2.35. The third kappa shape index (κ3) is 2.61. The van der Waals surface area contributed by atoms with E-state index in [4.69, 9.17) is 16.0 Å². The maximum atomic E-state index is 12.6. The molecule has 3 heterocycles. The molecule has 1 aliphatic heterocycles. The number of nitrogens with one attached hydrogen (secondary N) is 1. The van der Waals surface area contributed by atoms with Crippen LogP contribution in [0.25, 0.3) is 11.3 Å². The minimum atomic E-state index is -0.0861. The van der Waals surface area contributed by atoms with Crippen LogP contribution >= 0.6 is 11.6 Å². The van der Waals surface area contributed by atoms with Crippen LogP contribution in [0.2, 0.25) is 5.02 Å². The molecule has 0 bridgehead atoms. The lowest BCUT2D eigenvalue weighted by molar-refractivity contribution is 0.0701. The van der Waals surface area contributed by atoms with Crippen molar-refractivity contribution < 1.29 is 9.21 Å². The lowest BCUT2D eigenvalue weighted by Gasteiger charge is -2.26. The van der Waals surface area contributed by atoms with Crippen LogP contribution in [-0.2, 0) is 13.0 Å². The highest BCUT2D eigenvalue weighted by Gasteiger charge is 2.27. The molecule has 6 heteroatoms. The molecule has 1 aliphatic rings. The van der Waals surface area contributed by atoms with Gasteiger partial charge in [-0.05, 0) is 31.2 Å². The third-order valence-corrected chi connectivity index (χ3v) is 4.54. The fraction of sp³-hybridized carbons (Fsp3) is 0.222. The summed E-state index contributed by atoms with van der Waals surface area (Å²) in [6.45, 7) is 3.00. The van der Waals surface area contributed by atoms with Gasteiger partial charge in [0.15, 0.2) is 5.76 Å².